The molecule has 1 aliphatic rings. The summed E-state index contributed by atoms with van der Waals surface area (Å²) in [4.78, 5) is 0. The van der Waals surface area contributed by atoms with Crippen molar-refractivity contribution in [1.82, 2.24) is 0 Å². The van der Waals surface area contributed by atoms with E-state index in [1.165, 1.54) is 0 Å². The highest BCUT2D eigenvalue weighted by atomic mass is 19.2. The summed E-state index contributed by atoms with van der Waals surface area (Å²) >= 11 is 0. The van der Waals surface area contributed by atoms with Gasteiger partial charge in [0, 0.05) is 5.92 Å². The third-order valence-corrected chi connectivity index (χ3v) is 3.68. The van der Waals surface area contributed by atoms with E-state index in [0.717, 1.165) is 25.7 Å². The molecule has 1 aromatic rings. The van der Waals surface area contributed by atoms with E-state index in [1.54, 1.807) is 19.1 Å². The number of halogens is 2. The number of aliphatic hydroxyl groups excluding tert-OH is 1. The summed E-state index contributed by atoms with van der Waals surface area (Å²) in [6, 6.07) is 3.21. The summed E-state index contributed by atoms with van der Waals surface area (Å²) in [6.07, 6.45) is 3.86. The highest BCUT2D eigenvalue weighted by Crippen LogP contribution is 2.34. The molecule has 0 heterocycles. The normalized spacial score (nSPS) is 25.6. The van der Waals surface area contributed by atoms with Crippen LogP contribution in [0.5, 0.6) is 0 Å². The van der Waals surface area contributed by atoms with Gasteiger partial charge in [0.05, 0.1) is 6.10 Å². The molecule has 1 N–H and O–H groups in total. The number of aliphatic hydroxyl groups is 1. The second kappa shape index (κ2) is 5.13. The van der Waals surface area contributed by atoms with Crippen molar-refractivity contribution >= 4 is 0 Å². The smallest absolute Gasteiger partial charge is 0.162 e. The first-order valence-electron chi connectivity index (χ1n) is 6.24. The fourth-order valence-corrected chi connectivity index (χ4v) is 2.60. The Kier molecular flexibility index (Phi) is 3.77. The quantitative estimate of drug-likeness (QED) is 0.742. The molecular weight excluding hydrogens is 222 g/mol. The molecule has 1 fully saturated rings. The predicted octanol–water partition coefficient (Wildman–Crippen LogP) is 3.68. The monoisotopic (exact) mass is 240 g/mol. The number of benzene rings is 1. The van der Waals surface area contributed by atoms with Gasteiger partial charge in [-0.3, -0.25) is 0 Å². The summed E-state index contributed by atoms with van der Waals surface area (Å²) in [5, 5.41) is 10.00. The average Bonchev–Trinajstić information content (AvgIpc) is 2.52. The molecule has 2 rings (SSSR count). The fourth-order valence-electron chi connectivity index (χ4n) is 2.60. The largest absolute Gasteiger partial charge is 0.392 e. The van der Waals surface area contributed by atoms with E-state index in [1.807, 2.05) is 0 Å². The Morgan fingerprint density at radius 3 is 2.53 bits per heavy atom. The van der Waals surface area contributed by atoms with Crippen molar-refractivity contribution < 1.29 is 13.9 Å². The van der Waals surface area contributed by atoms with E-state index in [0.29, 0.717) is 17.5 Å². The summed E-state index contributed by atoms with van der Waals surface area (Å²) in [7, 11) is 0. The van der Waals surface area contributed by atoms with Crippen LogP contribution >= 0.6 is 0 Å². The molecule has 2 atom stereocenters. The third kappa shape index (κ3) is 2.49. The van der Waals surface area contributed by atoms with Crippen LogP contribution in [0.15, 0.2) is 12.1 Å². The molecule has 0 aromatic heterocycles. The second-order valence-corrected chi connectivity index (χ2v) is 4.91. The Morgan fingerprint density at radius 1 is 1.06 bits per heavy atom. The molecule has 0 saturated heterocycles. The zero-order chi connectivity index (χ0) is 12.4. The number of hydrogen-bond donors (Lipinski definition) is 1. The van der Waals surface area contributed by atoms with Crippen LogP contribution in [0.1, 0.15) is 49.1 Å². The Hall–Kier alpha value is -0.960. The fraction of sp³-hybridized carbons (Fsp3) is 0.571. The van der Waals surface area contributed by atoms with E-state index in [9.17, 15) is 13.9 Å². The van der Waals surface area contributed by atoms with E-state index < -0.39 is 17.7 Å². The number of hydrogen-bond acceptors (Lipinski definition) is 1. The topological polar surface area (TPSA) is 20.2 Å². The van der Waals surface area contributed by atoms with Crippen molar-refractivity contribution in [3.05, 3.63) is 34.9 Å². The summed E-state index contributed by atoms with van der Waals surface area (Å²) in [5.41, 5.74) is 0.650. The average molecular weight is 240 g/mol. The van der Waals surface area contributed by atoms with Crippen LogP contribution in [-0.4, -0.2) is 11.2 Å². The van der Waals surface area contributed by atoms with Crippen molar-refractivity contribution in [3.63, 3.8) is 0 Å². The molecule has 1 aromatic carbocycles. The first-order chi connectivity index (χ1) is 8.11. The highest BCUT2D eigenvalue weighted by molar-refractivity contribution is 5.29. The molecule has 0 aliphatic heterocycles. The van der Waals surface area contributed by atoms with Gasteiger partial charge in [0.25, 0.3) is 0 Å². The van der Waals surface area contributed by atoms with Gasteiger partial charge in [0.1, 0.15) is 0 Å². The van der Waals surface area contributed by atoms with Crippen LogP contribution < -0.4 is 0 Å². The molecule has 3 heteroatoms. The molecule has 2 unspecified atom stereocenters. The van der Waals surface area contributed by atoms with Gasteiger partial charge in [0.2, 0.25) is 0 Å². The lowest BCUT2D eigenvalue weighted by atomic mass is 9.88. The molecule has 0 spiro atoms. The SMILES string of the molecule is Cc1ccc(C2CCCCCC2O)c(F)c1F. The Morgan fingerprint density at radius 2 is 1.76 bits per heavy atom. The summed E-state index contributed by atoms with van der Waals surface area (Å²) in [6.45, 7) is 1.55. The second-order valence-electron chi connectivity index (χ2n) is 4.91. The number of aryl methyl sites for hydroxylation is 1. The molecular formula is C14H18F2O. The molecule has 1 nitrogen and oxygen atoms in total. The Bertz CT molecular complexity index is 403. The lowest BCUT2D eigenvalue weighted by molar-refractivity contribution is 0.133. The van der Waals surface area contributed by atoms with Gasteiger partial charge in [-0.05, 0) is 30.9 Å². The van der Waals surface area contributed by atoms with Gasteiger partial charge in [-0.25, -0.2) is 8.78 Å². The van der Waals surface area contributed by atoms with Crippen molar-refractivity contribution in [1.29, 1.82) is 0 Å². The van der Waals surface area contributed by atoms with Crippen LogP contribution in [0.4, 0.5) is 8.78 Å². The molecule has 17 heavy (non-hydrogen) atoms. The van der Waals surface area contributed by atoms with E-state index in [4.69, 9.17) is 0 Å². The Balaban J connectivity index is 2.35. The minimum Gasteiger partial charge on any atom is -0.392 e. The molecule has 0 radical (unpaired) electrons. The van der Waals surface area contributed by atoms with Gasteiger partial charge in [0.15, 0.2) is 11.6 Å². The highest BCUT2D eigenvalue weighted by Gasteiger charge is 2.27. The van der Waals surface area contributed by atoms with Crippen LogP contribution in [-0.2, 0) is 0 Å². The van der Waals surface area contributed by atoms with Crippen molar-refractivity contribution in [3.8, 4) is 0 Å². The standard InChI is InChI=1S/C14H18F2O/c1-9-7-8-11(14(16)13(9)15)10-5-3-2-4-6-12(10)17/h7-8,10,12,17H,2-6H2,1H3. The zero-order valence-corrected chi connectivity index (χ0v) is 10.0. The van der Waals surface area contributed by atoms with E-state index in [-0.39, 0.29) is 5.92 Å². The maximum absolute atomic E-state index is 13.9. The molecule has 94 valence electrons. The summed E-state index contributed by atoms with van der Waals surface area (Å²) < 4.78 is 27.4. The van der Waals surface area contributed by atoms with Crippen molar-refractivity contribution in [2.24, 2.45) is 0 Å². The number of rotatable bonds is 1. The Labute approximate surface area is 100 Å². The molecule has 0 bridgehead atoms. The zero-order valence-electron chi connectivity index (χ0n) is 10.0. The first-order valence-corrected chi connectivity index (χ1v) is 6.24. The minimum absolute atomic E-state index is 0.257. The van der Waals surface area contributed by atoms with Crippen molar-refractivity contribution in [2.45, 2.75) is 51.0 Å². The van der Waals surface area contributed by atoms with E-state index >= 15 is 0 Å². The first kappa shape index (κ1) is 12.5. The minimum atomic E-state index is -0.782. The summed E-state index contributed by atoms with van der Waals surface area (Å²) in [5.74, 6) is -1.82. The molecule has 1 saturated carbocycles. The predicted molar refractivity (Wildman–Crippen MR) is 62.9 cm³/mol. The molecule has 0 amide bonds. The van der Waals surface area contributed by atoms with Gasteiger partial charge in [-0.2, -0.15) is 0 Å². The van der Waals surface area contributed by atoms with Crippen LogP contribution in [0.3, 0.4) is 0 Å². The van der Waals surface area contributed by atoms with Gasteiger partial charge >= 0.3 is 0 Å². The molecule has 1 aliphatic carbocycles. The van der Waals surface area contributed by atoms with Crippen LogP contribution in [0, 0.1) is 18.6 Å². The van der Waals surface area contributed by atoms with Gasteiger partial charge < -0.3 is 5.11 Å². The van der Waals surface area contributed by atoms with Crippen LogP contribution in [0.25, 0.3) is 0 Å². The lowest BCUT2D eigenvalue weighted by Crippen LogP contribution is -2.18. The maximum Gasteiger partial charge on any atom is 0.162 e. The van der Waals surface area contributed by atoms with Crippen molar-refractivity contribution in [2.75, 3.05) is 0 Å². The third-order valence-electron chi connectivity index (χ3n) is 3.68. The maximum atomic E-state index is 13.9. The van der Waals surface area contributed by atoms with Crippen LogP contribution in [0.2, 0.25) is 0 Å². The van der Waals surface area contributed by atoms with E-state index in [2.05, 4.69) is 0 Å². The van der Waals surface area contributed by atoms with Gasteiger partial charge in [-0.1, -0.05) is 31.4 Å². The van der Waals surface area contributed by atoms with Gasteiger partial charge in [-0.15, -0.1) is 0 Å². The lowest BCUT2D eigenvalue weighted by Gasteiger charge is -2.21.